The van der Waals surface area contributed by atoms with Crippen molar-refractivity contribution in [3.8, 4) is 5.69 Å². The van der Waals surface area contributed by atoms with Crippen LogP contribution in [0.3, 0.4) is 0 Å². The molecule has 0 radical (unpaired) electrons. The summed E-state index contributed by atoms with van der Waals surface area (Å²) in [6.45, 7) is 3.65. The highest BCUT2D eigenvalue weighted by molar-refractivity contribution is 8.00. The molecule has 1 aromatic carbocycles. The number of carbonyl (C=O) groups excluding carboxylic acids is 1. The number of aromatic nitrogens is 4. The standard InChI is InChI=1S/C20H20Cl2N6OS/c1-13(18(29)24-15-8-6-10-23-17(15)22)30-20-26-25-19(27-11-4-5-12-27)28(20)16-9-3-2-7-14(16)21/h2-3,6-10,13H,4-5,11-12H2,1H3,(H,24,29). The molecular formula is C20H20Cl2N6OS. The van der Waals surface area contributed by atoms with Gasteiger partial charge in [0.15, 0.2) is 10.3 Å². The highest BCUT2D eigenvalue weighted by Gasteiger charge is 2.26. The maximum absolute atomic E-state index is 12.7. The smallest absolute Gasteiger partial charge is 0.237 e. The minimum atomic E-state index is -0.446. The summed E-state index contributed by atoms with van der Waals surface area (Å²) in [7, 11) is 0. The van der Waals surface area contributed by atoms with Crippen LogP contribution in [0.2, 0.25) is 10.2 Å². The van der Waals surface area contributed by atoms with Crippen LogP contribution in [-0.4, -0.2) is 44.0 Å². The Bertz CT molecular complexity index is 1050. The van der Waals surface area contributed by atoms with Crippen LogP contribution >= 0.6 is 35.0 Å². The zero-order valence-electron chi connectivity index (χ0n) is 16.3. The van der Waals surface area contributed by atoms with Crippen LogP contribution in [0.1, 0.15) is 19.8 Å². The average molecular weight is 463 g/mol. The number of hydrogen-bond donors (Lipinski definition) is 1. The Kier molecular flexibility index (Phi) is 6.46. The van der Waals surface area contributed by atoms with E-state index in [1.807, 2.05) is 35.8 Å². The summed E-state index contributed by atoms with van der Waals surface area (Å²) in [6, 6.07) is 11.0. The van der Waals surface area contributed by atoms with E-state index in [0.717, 1.165) is 37.6 Å². The van der Waals surface area contributed by atoms with Crippen LogP contribution in [0.15, 0.2) is 47.8 Å². The summed E-state index contributed by atoms with van der Waals surface area (Å²) in [6.07, 6.45) is 3.80. The Balaban J connectivity index is 1.61. The first-order chi connectivity index (χ1) is 14.5. The van der Waals surface area contributed by atoms with Gasteiger partial charge < -0.3 is 10.2 Å². The van der Waals surface area contributed by atoms with Crippen molar-refractivity contribution in [1.82, 2.24) is 19.7 Å². The fraction of sp³-hybridized carbons (Fsp3) is 0.300. The van der Waals surface area contributed by atoms with E-state index >= 15 is 0 Å². The van der Waals surface area contributed by atoms with Crippen molar-refractivity contribution in [3.63, 3.8) is 0 Å². The van der Waals surface area contributed by atoms with Gasteiger partial charge in [0.25, 0.3) is 0 Å². The minimum absolute atomic E-state index is 0.202. The van der Waals surface area contributed by atoms with Crippen molar-refractivity contribution in [2.45, 2.75) is 30.2 Å². The van der Waals surface area contributed by atoms with Gasteiger partial charge in [0, 0.05) is 19.3 Å². The molecule has 0 spiro atoms. The first kappa shape index (κ1) is 21.0. The van der Waals surface area contributed by atoms with Crippen molar-refractivity contribution < 1.29 is 4.79 Å². The fourth-order valence-electron chi connectivity index (χ4n) is 3.23. The van der Waals surface area contributed by atoms with E-state index in [1.165, 1.54) is 11.8 Å². The van der Waals surface area contributed by atoms with Crippen LogP contribution in [0.5, 0.6) is 0 Å². The molecule has 1 aliphatic rings. The Morgan fingerprint density at radius 3 is 2.63 bits per heavy atom. The lowest BCUT2D eigenvalue weighted by Gasteiger charge is -2.19. The van der Waals surface area contributed by atoms with Crippen molar-refractivity contribution in [2.24, 2.45) is 0 Å². The molecule has 1 unspecified atom stereocenters. The number of carbonyl (C=O) groups is 1. The molecule has 0 saturated carbocycles. The van der Waals surface area contributed by atoms with E-state index in [2.05, 4.69) is 25.4 Å². The van der Waals surface area contributed by atoms with Gasteiger partial charge in [-0.1, -0.05) is 47.1 Å². The number of para-hydroxylation sites is 1. The molecule has 1 saturated heterocycles. The third-order valence-electron chi connectivity index (χ3n) is 4.77. The number of hydrogen-bond acceptors (Lipinski definition) is 6. The Hall–Kier alpha value is -2.29. The number of anilines is 2. The predicted octanol–water partition coefficient (Wildman–Crippen LogP) is 4.69. The molecule has 0 aliphatic carbocycles. The summed E-state index contributed by atoms with van der Waals surface area (Å²) >= 11 is 13.9. The second kappa shape index (κ2) is 9.24. The van der Waals surface area contributed by atoms with Crippen LogP contribution in [0, 0.1) is 0 Å². The summed E-state index contributed by atoms with van der Waals surface area (Å²) in [5.41, 5.74) is 1.26. The third kappa shape index (κ3) is 4.40. The number of rotatable bonds is 6. The molecular weight excluding hydrogens is 443 g/mol. The highest BCUT2D eigenvalue weighted by atomic mass is 35.5. The van der Waals surface area contributed by atoms with E-state index in [-0.39, 0.29) is 11.1 Å². The minimum Gasteiger partial charge on any atom is -0.341 e. The zero-order chi connectivity index (χ0) is 21.1. The number of nitrogens with zero attached hydrogens (tertiary/aromatic N) is 5. The lowest BCUT2D eigenvalue weighted by Crippen LogP contribution is -2.24. The number of amides is 1. The summed E-state index contributed by atoms with van der Waals surface area (Å²) < 4.78 is 1.93. The molecule has 2 aromatic heterocycles. The van der Waals surface area contributed by atoms with Crippen molar-refractivity contribution in [3.05, 3.63) is 52.8 Å². The number of thioether (sulfide) groups is 1. The van der Waals surface area contributed by atoms with Crippen LogP contribution < -0.4 is 10.2 Å². The molecule has 156 valence electrons. The topological polar surface area (TPSA) is 75.9 Å². The number of benzene rings is 1. The van der Waals surface area contributed by atoms with E-state index in [9.17, 15) is 4.79 Å². The van der Waals surface area contributed by atoms with Crippen molar-refractivity contribution in [2.75, 3.05) is 23.3 Å². The summed E-state index contributed by atoms with van der Waals surface area (Å²) in [5, 5.41) is 12.6. The molecule has 30 heavy (non-hydrogen) atoms. The molecule has 0 bridgehead atoms. The quantitative estimate of drug-likeness (QED) is 0.422. The largest absolute Gasteiger partial charge is 0.341 e. The molecule has 10 heteroatoms. The maximum atomic E-state index is 12.7. The molecule has 1 amide bonds. The van der Waals surface area contributed by atoms with Gasteiger partial charge in [0.1, 0.15) is 0 Å². The predicted molar refractivity (Wildman–Crippen MR) is 121 cm³/mol. The number of pyridine rings is 1. The summed E-state index contributed by atoms with van der Waals surface area (Å²) in [4.78, 5) is 18.9. The first-order valence-corrected chi connectivity index (χ1v) is 11.2. The summed E-state index contributed by atoms with van der Waals surface area (Å²) in [5.74, 6) is 0.539. The Morgan fingerprint density at radius 1 is 1.13 bits per heavy atom. The van der Waals surface area contributed by atoms with E-state index in [1.54, 1.807) is 18.3 Å². The van der Waals surface area contributed by atoms with Gasteiger partial charge in [0.2, 0.25) is 11.9 Å². The van der Waals surface area contributed by atoms with Crippen LogP contribution in [0.4, 0.5) is 11.6 Å². The van der Waals surface area contributed by atoms with Crippen LogP contribution in [-0.2, 0) is 4.79 Å². The van der Waals surface area contributed by atoms with Gasteiger partial charge in [-0.25, -0.2) is 4.98 Å². The van der Waals surface area contributed by atoms with Gasteiger partial charge in [-0.15, -0.1) is 10.2 Å². The van der Waals surface area contributed by atoms with Gasteiger partial charge in [-0.3, -0.25) is 9.36 Å². The SMILES string of the molecule is CC(Sc1nnc(N2CCCC2)n1-c1ccccc1Cl)C(=O)Nc1cccnc1Cl. The van der Waals surface area contributed by atoms with Gasteiger partial charge >= 0.3 is 0 Å². The van der Waals surface area contributed by atoms with Gasteiger partial charge in [0.05, 0.1) is 21.6 Å². The zero-order valence-corrected chi connectivity index (χ0v) is 18.6. The van der Waals surface area contributed by atoms with Crippen molar-refractivity contribution >= 4 is 52.5 Å². The normalized spacial score (nSPS) is 14.7. The monoisotopic (exact) mass is 462 g/mol. The second-order valence-electron chi connectivity index (χ2n) is 6.85. The van der Waals surface area contributed by atoms with Crippen LogP contribution in [0.25, 0.3) is 5.69 Å². The van der Waals surface area contributed by atoms with E-state index in [4.69, 9.17) is 23.2 Å². The van der Waals surface area contributed by atoms with E-state index < -0.39 is 5.25 Å². The fourth-order valence-corrected chi connectivity index (χ4v) is 4.47. The first-order valence-electron chi connectivity index (χ1n) is 9.58. The lowest BCUT2D eigenvalue weighted by atomic mass is 10.3. The van der Waals surface area contributed by atoms with Gasteiger partial charge in [-0.2, -0.15) is 0 Å². The maximum Gasteiger partial charge on any atom is 0.237 e. The average Bonchev–Trinajstić information content (AvgIpc) is 3.40. The third-order valence-corrected chi connectivity index (χ3v) is 6.43. The number of halogens is 2. The molecule has 3 aromatic rings. The van der Waals surface area contributed by atoms with E-state index in [0.29, 0.717) is 15.9 Å². The molecule has 1 aliphatic heterocycles. The Labute approximate surface area is 188 Å². The highest BCUT2D eigenvalue weighted by Crippen LogP contribution is 2.33. The molecule has 4 rings (SSSR count). The Morgan fingerprint density at radius 2 is 1.90 bits per heavy atom. The second-order valence-corrected chi connectivity index (χ2v) is 8.93. The number of nitrogens with one attached hydrogen (secondary N) is 1. The molecule has 1 atom stereocenters. The van der Waals surface area contributed by atoms with Gasteiger partial charge in [-0.05, 0) is 44.0 Å². The molecule has 7 nitrogen and oxygen atoms in total. The molecule has 3 heterocycles. The van der Waals surface area contributed by atoms with Crippen molar-refractivity contribution in [1.29, 1.82) is 0 Å². The molecule has 1 N–H and O–H groups in total. The lowest BCUT2D eigenvalue weighted by molar-refractivity contribution is -0.115. The molecule has 1 fully saturated rings.